The van der Waals surface area contributed by atoms with Gasteiger partial charge in [0, 0.05) is 17.3 Å². The van der Waals surface area contributed by atoms with Crippen LogP contribution in [0.15, 0.2) is 36.5 Å². The van der Waals surface area contributed by atoms with E-state index in [2.05, 4.69) is 22.1 Å². The van der Waals surface area contributed by atoms with E-state index in [-0.39, 0.29) is 18.3 Å². The number of nitrogens with one attached hydrogen (secondary N) is 1. The van der Waals surface area contributed by atoms with E-state index in [9.17, 15) is 9.90 Å². The fraction of sp³-hybridized carbons (Fsp3) is 0.125. The van der Waals surface area contributed by atoms with Gasteiger partial charge < -0.3 is 15.5 Å². The van der Waals surface area contributed by atoms with Crippen molar-refractivity contribution in [1.29, 1.82) is 0 Å². The molecule has 0 fully saturated rings. The third-order valence-corrected chi connectivity index (χ3v) is 2.77. The van der Waals surface area contributed by atoms with Crippen LogP contribution in [-0.4, -0.2) is 27.7 Å². The molecular formula is C16H14N2O3. The second kappa shape index (κ2) is 6.55. The zero-order chi connectivity index (χ0) is 15.2. The molecular weight excluding hydrogens is 268 g/mol. The Morgan fingerprint density at radius 2 is 2.14 bits per heavy atom. The molecule has 0 atom stereocenters. The molecule has 0 bridgehead atoms. The van der Waals surface area contributed by atoms with E-state index < -0.39 is 0 Å². The van der Waals surface area contributed by atoms with Crippen LogP contribution >= 0.6 is 0 Å². The third-order valence-electron chi connectivity index (χ3n) is 2.77. The molecule has 5 heteroatoms. The summed E-state index contributed by atoms with van der Waals surface area (Å²) < 4.78 is 0. The molecule has 5 nitrogen and oxygen atoms in total. The molecule has 2 rings (SSSR count). The highest BCUT2D eigenvalue weighted by Crippen LogP contribution is 2.17. The molecule has 0 radical (unpaired) electrons. The zero-order valence-corrected chi connectivity index (χ0v) is 11.4. The van der Waals surface area contributed by atoms with Gasteiger partial charge in [-0.3, -0.25) is 4.79 Å². The van der Waals surface area contributed by atoms with Crippen molar-refractivity contribution in [1.82, 2.24) is 4.98 Å². The maximum Gasteiger partial charge on any atom is 0.256 e. The predicted octanol–water partition coefficient (Wildman–Crippen LogP) is 1.69. The largest absolute Gasteiger partial charge is 0.508 e. The number of amides is 1. The van der Waals surface area contributed by atoms with Gasteiger partial charge in [0.1, 0.15) is 18.2 Å². The quantitative estimate of drug-likeness (QED) is 0.732. The highest BCUT2D eigenvalue weighted by atomic mass is 16.3. The Morgan fingerprint density at radius 3 is 2.86 bits per heavy atom. The van der Waals surface area contributed by atoms with Crippen LogP contribution in [0.1, 0.15) is 21.5 Å². The number of nitrogens with zero attached hydrogens (tertiary/aromatic N) is 1. The summed E-state index contributed by atoms with van der Waals surface area (Å²) in [6.45, 7) is 1.49. The summed E-state index contributed by atoms with van der Waals surface area (Å²) in [5.74, 6) is 5.46. The number of hydrogen-bond acceptors (Lipinski definition) is 4. The average Bonchev–Trinajstić information content (AvgIpc) is 2.48. The van der Waals surface area contributed by atoms with Gasteiger partial charge in [-0.25, -0.2) is 4.98 Å². The van der Waals surface area contributed by atoms with E-state index in [1.165, 1.54) is 18.3 Å². The van der Waals surface area contributed by atoms with Gasteiger partial charge in [0.05, 0.1) is 0 Å². The number of carbonyl (C=O) groups is 1. The standard InChI is InChI=1S/C16H14N2O3/c1-11-9-13(4-5-14(11)20)16(21)18-15-10-12(3-2-8-19)6-7-17-15/h4-7,9-10,19-20H,8H2,1H3,(H,17,18,21). The number of pyridine rings is 1. The first-order chi connectivity index (χ1) is 10.1. The van der Waals surface area contributed by atoms with Gasteiger partial charge in [0.25, 0.3) is 5.91 Å². The van der Waals surface area contributed by atoms with E-state index in [1.54, 1.807) is 25.1 Å². The van der Waals surface area contributed by atoms with Gasteiger partial charge in [-0.2, -0.15) is 0 Å². The van der Waals surface area contributed by atoms with Gasteiger partial charge >= 0.3 is 0 Å². The summed E-state index contributed by atoms with van der Waals surface area (Å²) in [6.07, 6.45) is 1.53. The molecule has 1 aromatic heterocycles. The highest BCUT2D eigenvalue weighted by molar-refractivity contribution is 6.04. The minimum atomic E-state index is -0.321. The molecule has 1 heterocycles. The zero-order valence-electron chi connectivity index (χ0n) is 11.4. The maximum atomic E-state index is 12.1. The molecule has 0 spiro atoms. The highest BCUT2D eigenvalue weighted by Gasteiger charge is 2.08. The number of aryl methyl sites for hydroxylation is 1. The Labute approximate surface area is 122 Å². The Bertz CT molecular complexity index is 730. The number of rotatable bonds is 2. The minimum absolute atomic E-state index is 0.144. The summed E-state index contributed by atoms with van der Waals surface area (Å²) in [4.78, 5) is 16.1. The van der Waals surface area contributed by atoms with Crippen molar-refractivity contribution in [2.75, 3.05) is 11.9 Å². The van der Waals surface area contributed by atoms with Crippen molar-refractivity contribution >= 4 is 11.7 Å². The first-order valence-corrected chi connectivity index (χ1v) is 6.27. The van der Waals surface area contributed by atoms with Crippen LogP contribution < -0.4 is 5.32 Å². The van der Waals surface area contributed by atoms with Crippen LogP contribution in [0.4, 0.5) is 5.82 Å². The lowest BCUT2D eigenvalue weighted by molar-refractivity contribution is 0.102. The molecule has 0 aliphatic carbocycles. The molecule has 2 aromatic rings. The van der Waals surface area contributed by atoms with Gasteiger partial charge in [-0.15, -0.1) is 0 Å². The first-order valence-electron chi connectivity index (χ1n) is 6.27. The van der Waals surface area contributed by atoms with E-state index >= 15 is 0 Å². The normalized spacial score (nSPS) is 9.62. The molecule has 3 N–H and O–H groups in total. The Balaban J connectivity index is 2.17. The summed E-state index contributed by atoms with van der Waals surface area (Å²) in [5, 5.41) is 20.8. The summed E-state index contributed by atoms with van der Waals surface area (Å²) in [6, 6.07) is 7.91. The van der Waals surface area contributed by atoms with Crippen LogP contribution in [0.5, 0.6) is 5.75 Å². The SMILES string of the molecule is Cc1cc(C(=O)Nc2cc(C#CCO)ccn2)ccc1O. The number of hydrogen-bond donors (Lipinski definition) is 3. The second-order valence-electron chi connectivity index (χ2n) is 4.35. The predicted molar refractivity (Wildman–Crippen MR) is 79.0 cm³/mol. The van der Waals surface area contributed by atoms with Crippen LogP contribution in [0.25, 0.3) is 0 Å². The molecule has 106 valence electrons. The van der Waals surface area contributed by atoms with Crippen LogP contribution in [0.2, 0.25) is 0 Å². The molecule has 0 unspecified atom stereocenters. The summed E-state index contributed by atoms with van der Waals surface area (Å²) >= 11 is 0. The lowest BCUT2D eigenvalue weighted by atomic mass is 10.1. The van der Waals surface area contributed by atoms with Crippen molar-refractivity contribution in [3.05, 3.63) is 53.2 Å². The van der Waals surface area contributed by atoms with Gasteiger partial charge in [0.2, 0.25) is 0 Å². The van der Waals surface area contributed by atoms with Crippen molar-refractivity contribution < 1.29 is 15.0 Å². The number of benzene rings is 1. The number of aromatic hydroxyl groups is 1. The lowest BCUT2D eigenvalue weighted by Crippen LogP contribution is -2.13. The van der Waals surface area contributed by atoms with Crippen molar-refractivity contribution in [2.45, 2.75) is 6.92 Å². The fourth-order valence-electron chi connectivity index (χ4n) is 1.70. The van der Waals surface area contributed by atoms with Crippen molar-refractivity contribution in [3.63, 3.8) is 0 Å². The topological polar surface area (TPSA) is 82.5 Å². The second-order valence-corrected chi connectivity index (χ2v) is 4.35. The summed E-state index contributed by atoms with van der Waals surface area (Å²) in [5.41, 5.74) is 1.70. The minimum Gasteiger partial charge on any atom is -0.508 e. The number of phenolic OH excluding ortho intramolecular Hbond substituents is 1. The number of aliphatic hydroxyl groups excluding tert-OH is 1. The third kappa shape index (κ3) is 3.81. The van der Waals surface area contributed by atoms with Gasteiger partial charge in [0.15, 0.2) is 0 Å². The van der Waals surface area contributed by atoms with Crippen molar-refractivity contribution in [3.8, 4) is 17.6 Å². The van der Waals surface area contributed by atoms with Crippen LogP contribution in [0.3, 0.4) is 0 Å². The van der Waals surface area contributed by atoms with Crippen LogP contribution in [-0.2, 0) is 0 Å². The molecule has 0 aliphatic rings. The molecule has 0 saturated heterocycles. The molecule has 0 saturated carbocycles. The molecule has 21 heavy (non-hydrogen) atoms. The molecule has 1 aromatic carbocycles. The van der Waals surface area contributed by atoms with E-state index in [1.807, 2.05) is 0 Å². The van der Waals surface area contributed by atoms with E-state index in [0.717, 1.165) is 0 Å². The monoisotopic (exact) mass is 282 g/mol. The lowest BCUT2D eigenvalue weighted by Gasteiger charge is -2.06. The Hall–Kier alpha value is -2.84. The maximum absolute atomic E-state index is 12.1. The van der Waals surface area contributed by atoms with Crippen LogP contribution in [0, 0.1) is 18.8 Å². The number of carbonyl (C=O) groups excluding carboxylic acids is 1. The number of anilines is 1. The Morgan fingerprint density at radius 1 is 1.33 bits per heavy atom. The number of aromatic nitrogens is 1. The first kappa shape index (κ1) is 14.6. The van der Waals surface area contributed by atoms with Gasteiger partial charge in [-0.05, 0) is 42.8 Å². The number of aliphatic hydroxyl groups is 1. The smallest absolute Gasteiger partial charge is 0.256 e. The Kier molecular flexibility index (Phi) is 4.54. The van der Waals surface area contributed by atoms with E-state index in [4.69, 9.17) is 5.11 Å². The number of phenols is 1. The van der Waals surface area contributed by atoms with E-state index in [0.29, 0.717) is 22.5 Å². The van der Waals surface area contributed by atoms with Gasteiger partial charge in [-0.1, -0.05) is 11.8 Å². The van der Waals surface area contributed by atoms with Crippen molar-refractivity contribution in [2.24, 2.45) is 0 Å². The molecule has 1 amide bonds. The molecule has 0 aliphatic heterocycles. The summed E-state index contributed by atoms with van der Waals surface area (Å²) in [7, 11) is 0. The fourth-order valence-corrected chi connectivity index (χ4v) is 1.70. The average molecular weight is 282 g/mol.